The Morgan fingerprint density at radius 2 is 1.81 bits per heavy atom. The van der Waals surface area contributed by atoms with Crippen LogP contribution in [-0.4, -0.2) is 24.3 Å². The predicted molar refractivity (Wildman–Crippen MR) is 94.2 cm³/mol. The normalized spacial score (nSPS) is 18.3. The lowest BCUT2D eigenvalue weighted by molar-refractivity contribution is 0.396. The average Bonchev–Trinajstić information content (AvgIpc) is 3.35. The molecule has 1 fully saturated rings. The van der Waals surface area contributed by atoms with E-state index in [4.69, 9.17) is 4.42 Å². The van der Waals surface area contributed by atoms with Gasteiger partial charge in [0, 0.05) is 12.1 Å². The van der Waals surface area contributed by atoms with Crippen LogP contribution in [0.1, 0.15) is 24.4 Å². The van der Waals surface area contributed by atoms with Crippen LogP contribution >= 0.6 is 0 Å². The SMILES string of the molecule is O=S(=O)(c1ccc(-c2cnco2)cc1)N1CCC[C@@H]1c1ccc(F)cc1. The molecule has 7 heteroatoms. The number of sulfonamides is 1. The minimum Gasteiger partial charge on any atom is -0.444 e. The van der Waals surface area contributed by atoms with Crippen molar-refractivity contribution in [1.29, 1.82) is 0 Å². The highest BCUT2D eigenvalue weighted by atomic mass is 32.2. The van der Waals surface area contributed by atoms with Crippen LogP contribution in [0.25, 0.3) is 11.3 Å². The van der Waals surface area contributed by atoms with Crippen LogP contribution in [0.2, 0.25) is 0 Å². The molecule has 1 aliphatic rings. The molecule has 3 aromatic rings. The lowest BCUT2D eigenvalue weighted by Crippen LogP contribution is -2.30. The highest BCUT2D eigenvalue weighted by molar-refractivity contribution is 7.89. The molecule has 0 radical (unpaired) electrons. The van der Waals surface area contributed by atoms with Gasteiger partial charge in [0.1, 0.15) is 5.82 Å². The van der Waals surface area contributed by atoms with E-state index < -0.39 is 10.0 Å². The van der Waals surface area contributed by atoms with Crippen molar-refractivity contribution in [3.05, 3.63) is 72.5 Å². The van der Waals surface area contributed by atoms with Crippen LogP contribution in [0, 0.1) is 5.82 Å². The molecule has 0 N–H and O–H groups in total. The summed E-state index contributed by atoms with van der Waals surface area (Å²) in [6.45, 7) is 0.453. The number of benzene rings is 2. The third-order valence-electron chi connectivity index (χ3n) is 4.64. The molecule has 1 aromatic heterocycles. The Hall–Kier alpha value is -2.51. The number of rotatable bonds is 4. The fourth-order valence-corrected chi connectivity index (χ4v) is 5.01. The lowest BCUT2D eigenvalue weighted by atomic mass is 10.1. The minimum atomic E-state index is -3.64. The summed E-state index contributed by atoms with van der Waals surface area (Å²) in [4.78, 5) is 4.09. The van der Waals surface area contributed by atoms with Gasteiger partial charge < -0.3 is 4.42 Å². The Kier molecular flexibility index (Phi) is 4.34. The van der Waals surface area contributed by atoms with Crippen LogP contribution in [0.4, 0.5) is 4.39 Å². The van der Waals surface area contributed by atoms with Crippen LogP contribution in [0.15, 0.2) is 70.4 Å². The summed E-state index contributed by atoms with van der Waals surface area (Å²) in [5.41, 5.74) is 1.57. The Morgan fingerprint density at radius 3 is 2.46 bits per heavy atom. The topological polar surface area (TPSA) is 63.4 Å². The molecule has 4 rings (SSSR count). The number of oxazole rings is 1. The van der Waals surface area contributed by atoms with Crippen molar-refractivity contribution in [1.82, 2.24) is 9.29 Å². The maximum absolute atomic E-state index is 13.2. The maximum Gasteiger partial charge on any atom is 0.243 e. The van der Waals surface area contributed by atoms with Gasteiger partial charge in [-0.05, 0) is 54.8 Å². The van der Waals surface area contributed by atoms with Crippen LogP contribution in [-0.2, 0) is 10.0 Å². The van der Waals surface area contributed by atoms with Crippen molar-refractivity contribution >= 4 is 10.0 Å². The number of nitrogens with zero attached hydrogens (tertiary/aromatic N) is 2. The zero-order valence-electron chi connectivity index (χ0n) is 13.9. The van der Waals surface area contributed by atoms with E-state index in [0.717, 1.165) is 24.0 Å². The zero-order chi connectivity index (χ0) is 18.1. The Bertz CT molecular complexity index is 984. The Morgan fingerprint density at radius 1 is 1.08 bits per heavy atom. The number of halogens is 1. The molecule has 0 spiro atoms. The van der Waals surface area contributed by atoms with Gasteiger partial charge in [-0.2, -0.15) is 4.31 Å². The third kappa shape index (κ3) is 3.04. The first-order valence-electron chi connectivity index (χ1n) is 8.32. The summed E-state index contributed by atoms with van der Waals surface area (Å²) in [5.74, 6) is 0.253. The van der Waals surface area contributed by atoms with Crippen LogP contribution in [0.5, 0.6) is 0 Å². The van der Waals surface area contributed by atoms with E-state index in [0.29, 0.717) is 12.3 Å². The molecule has 1 saturated heterocycles. The lowest BCUT2D eigenvalue weighted by Gasteiger charge is -2.24. The summed E-state index contributed by atoms with van der Waals surface area (Å²) >= 11 is 0. The first-order valence-corrected chi connectivity index (χ1v) is 9.76. The summed E-state index contributed by atoms with van der Waals surface area (Å²) in [7, 11) is -3.64. The van der Waals surface area contributed by atoms with Gasteiger partial charge in [0.25, 0.3) is 0 Å². The van der Waals surface area contributed by atoms with Gasteiger partial charge >= 0.3 is 0 Å². The molecule has 26 heavy (non-hydrogen) atoms. The van der Waals surface area contributed by atoms with E-state index in [1.807, 2.05) is 0 Å². The molecule has 134 valence electrons. The first-order chi connectivity index (χ1) is 12.6. The van der Waals surface area contributed by atoms with E-state index >= 15 is 0 Å². The molecule has 0 unspecified atom stereocenters. The smallest absolute Gasteiger partial charge is 0.243 e. The van der Waals surface area contributed by atoms with E-state index in [1.54, 1.807) is 42.6 Å². The number of hydrogen-bond donors (Lipinski definition) is 0. The summed E-state index contributed by atoms with van der Waals surface area (Å²) in [6, 6.07) is 12.3. The van der Waals surface area contributed by atoms with Crippen LogP contribution in [0.3, 0.4) is 0 Å². The monoisotopic (exact) mass is 372 g/mol. The summed E-state index contributed by atoms with van der Waals surface area (Å²) < 4.78 is 46.1. The van der Waals surface area contributed by atoms with Crippen molar-refractivity contribution in [3.63, 3.8) is 0 Å². The molecule has 0 bridgehead atoms. The Balaban J connectivity index is 1.64. The standard InChI is InChI=1S/C19H17FN2O3S/c20-16-7-3-14(4-8-16)18-2-1-11-22(18)26(23,24)17-9-5-15(6-10-17)19-12-21-13-25-19/h3-10,12-13,18H,1-2,11H2/t18-/m1/s1. The molecule has 1 aliphatic heterocycles. The minimum absolute atomic E-state index is 0.231. The van der Waals surface area contributed by atoms with Gasteiger partial charge in [0.05, 0.1) is 17.1 Å². The fourth-order valence-electron chi connectivity index (χ4n) is 3.33. The molecule has 0 amide bonds. The second kappa shape index (κ2) is 6.66. The number of hydrogen-bond acceptors (Lipinski definition) is 4. The third-order valence-corrected chi connectivity index (χ3v) is 6.56. The summed E-state index contributed by atoms with van der Waals surface area (Å²) in [5, 5.41) is 0. The first kappa shape index (κ1) is 16.9. The second-order valence-electron chi connectivity index (χ2n) is 6.22. The predicted octanol–water partition coefficient (Wildman–Crippen LogP) is 4.01. The van der Waals surface area contributed by atoms with Crippen molar-refractivity contribution < 1.29 is 17.2 Å². The van der Waals surface area contributed by atoms with Gasteiger partial charge in [-0.15, -0.1) is 0 Å². The van der Waals surface area contributed by atoms with Crippen molar-refractivity contribution in [2.24, 2.45) is 0 Å². The highest BCUT2D eigenvalue weighted by Gasteiger charge is 2.36. The maximum atomic E-state index is 13.2. The van der Waals surface area contributed by atoms with Gasteiger partial charge in [-0.3, -0.25) is 0 Å². The van der Waals surface area contributed by atoms with Gasteiger partial charge in [0.15, 0.2) is 12.2 Å². The fraction of sp³-hybridized carbons (Fsp3) is 0.211. The van der Waals surface area contributed by atoms with E-state index in [2.05, 4.69) is 4.98 Å². The van der Waals surface area contributed by atoms with E-state index in [-0.39, 0.29) is 16.8 Å². The largest absolute Gasteiger partial charge is 0.444 e. The second-order valence-corrected chi connectivity index (χ2v) is 8.11. The van der Waals surface area contributed by atoms with E-state index in [1.165, 1.54) is 22.8 Å². The molecule has 0 aliphatic carbocycles. The van der Waals surface area contributed by atoms with E-state index in [9.17, 15) is 12.8 Å². The van der Waals surface area contributed by atoms with Crippen molar-refractivity contribution in [2.75, 3.05) is 6.54 Å². The molecule has 2 aromatic carbocycles. The molecule has 1 atom stereocenters. The zero-order valence-corrected chi connectivity index (χ0v) is 14.7. The molecule has 0 saturated carbocycles. The van der Waals surface area contributed by atoms with Crippen molar-refractivity contribution in [3.8, 4) is 11.3 Å². The van der Waals surface area contributed by atoms with Crippen molar-refractivity contribution in [2.45, 2.75) is 23.8 Å². The average molecular weight is 372 g/mol. The molecular weight excluding hydrogens is 355 g/mol. The molecular formula is C19H17FN2O3S. The molecule has 2 heterocycles. The van der Waals surface area contributed by atoms with Gasteiger partial charge in [-0.25, -0.2) is 17.8 Å². The molecule has 5 nitrogen and oxygen atoms in total. The quantitative estimate of drug-likeness (QED) is 0.694. The van der Waals surface area contributed by atoms with Crippen LogP contribution < -0.4 is 0 Å². The number of aromatic nitrogens is 1. The highest BCUT2D eigenvalue weighted by Crippen LogP contribution is 2.36. The summed E-state index contributed by atoms with van der Waals surface area (Å²) in [6.07, 6.45) is 4.41. The Labute approximate surface area is 151 Å². The van der Waals surface area contributed by atoms with Gasteiger partial charge in [-0.1, -0.05) is 12.1 Å². The van der Waals surface area contributed by atoms with Gasteiger partial charge in [0.2, 0.25) is 10.0 Å².